The van der Waals surface area contributed by atoms with Crippen LogP contribution < -0.4 is 0 Å². The van der Waals surface area contributed by atoms with Gasteiger partial charge in [-0.05, 0) is 31.0 Å². The Morgan fingerprint density at radius 2 is 2.33 bits per heavy atom. The minimum Gasteiger partial charge on any atom is -0.342 e. The van der Waals surface area contributed by atoms with Gasteiger partial charge in [-0.3, -0.25) is 0 Å². The van der Waals surface area contributed by atoms with Gasteiger partial charge in [-0.1, -0.05) is 17.7 Å². The molecule has 15 heavy (non-hydrogen) atoms. The molecule has 0 spiro atoms. The van der Waals surface area contributed by atoms with Gasteiger partial charge in [0.25, 0.3) is 0 Å². The summed E-state index contributed by atoms with van der Waals surface area (Å²) >= 11 is 5.92. The predicted octanol–water partition coefficient (Wildman–Crippen LogP) is 3.41. The zero-order valence-electron chi connectivity index (χ0n) is 8.13. The molecule has 1 aliphatic rings. The second kappa shape index (κ2) is 3.38. The van der Waals surface area contributed by atoms with Crippen LogP contribution in [0.3, 0.4) is 0 Å². The number of hydrogen-bond acceptors (Lipinski definition) is 1. The highest BCUT2D eigenvalue weighted by atomic mass is 35.5. The molecule has 0 atom stereocenters. The second-order valence-electron chi connectivity index (χ2n) is 3.88. The van der Waals surface area contributed by atoms with Crippen LogP contribution in [0, 0.1) is 6.07 Å². The third-order valence-corrected chi connectivity index (χ3v) is 2.85. The summed E-state index contributed by atoms with van der Waals surface area (Å²) < 4.78 is 0. The highest BCUT2D eigenvalue weighted by Crippen LogP contribution is 2.38. The van der Waals surface area contributed by atoms with Crippen LogP contribution in [0.1, 0.15) is 24.6 Å². The van der Waals surface area contributed by atoms with Crippen molar-refractivity contribution < 1.29 is 0 Å². The van der Waals surface area contributed by atoms with E-state index in [9.17, 15) is 0 Å². The summed E-state index contributed by atoms with van der Waals surface area (Å²) in [4.78, 5) is 7.68. The summed E-state index contributed by atoms with van der Waals surface area (Å²) in [7, 11) is 0. The fraction of sp³-hybridized carbons (Fsp3) is 0.250. The van der Waals surface area contributed by atoms with Crippen LogP contribution in [-0.2, 0) is 0 Å². The summed E-state index contributed by atoms with van der Waals surface area (Å²) in [5.74, 6) is 1.75. The number of benzene rings is 1. The van der Waals surface area contributed by atoms with Gasteiger partial charge in [-0.2, -0.15) is 0 Å². The molecule has 3 rings (SSSR count). The number of halogens is 1. The smallest absolute Gasteiger partial charge is 0.109 e. The first kappa shape index (κ1) is 8.98. The lowest BCUT2D eigenvalue weighted by molar-refractivity contribution is 0.977. The first-order chi connectivity index (χ1) is 7.33. The molecule has 1 radical (unpaired) electrons. The maximum atomic E-state index is 5.92. The standard InChI is InChI=1S/C12H10ClN2/c13-10-3-1-2-9(6-10)11-7-14-12(15-11)8-4-5-8/h1,3,6-8H,4-5H2,(H,14,15). The van der Waals surface area contributed by atoms with Crippen molar-refractivity contribution in [3.8, 4) is 11.3 Å². The summed E-state index contributed by atoms with van der Waals surface area (Å²) in [6, 6.07) is 8.69. The molecule has 3 heteroatoms. The Labute approximate surface area is 93.3 Å². The van der Waals surface area contributed by atoms with Crippen LogP contribution >= 0.6 is 11.6 Å². The van der Waals surface area contributed by atoms with Crippen molar-refractivity contribution in [3.05, 3.63) is 41.3 Å². The van der Waals surface area contributed by atoms with E-state index in [0.717, 1.165) is 22.1 Å². The van der Waals surface area contributed by atoms with Crippen LogP contribution in [0.4, 0.5) is 0 Å². The minimum atomic E-state index is 0.651. The average molecular weight is 218 g/mol. The van der Waals surface area contributed by atoms with Crippen LogP contribution in [0.2, 0.25) is 5.02 Å². The average Bonchev–Trinajstić information content (AvgIpc) is 2.97. The minimum absolute atomic E-state index is 0.651. The van der Waals surface area contributed by atoms with Gasteiger partial charge in [0.1, 0.15) is 5.82 Å². The van der Waals surface area contributed by atoms with E-state index < -0.39 is 0 Å². The molecule has 0 saturated heterocycles. The number of aromatic nitrogens is 2. The van der Waals surface area contributed by atoms with Crippen molar-refractivity contribution in [2.75, 3.05) is 0 Å². The molecule has 0 unspecified atom stereocenters. The zero-order valence-corrected chi connectivity index (χ0v) is 8.88. The number of H-pyrrole nitrogens is 1. The monoisotopic (exact) mass is 217 g/mol. The number of rotatable bonds is 2. The largest absolute Gasteiger partial charge is 0.342 e. The van der Waals surface area contributed by atoms with Crippen molar-refractivity contribution in [2.45, 2.75) is 18.8 Å². The third kappa shape index (κ3) is 1.77. The number of hydrogen-bond donors (Lipinski definition) is 1. The van der Waals surface area contributed by atoms with Gasteiger partial charge < -0.3 is 4.98 Å². The molecule has 1 heterocycles. The van der Waals surface area contributed by atoms with Gasteiger partial charge in [0.2, 0.25) is 0 Å². The molecule has 2 aromatic rings. The van der Waals surface area contributed by atoms with Gasteiger partial charge in [0, 0.05) is 16.5 Å². The SMILES string of the molecule is Clc1cc[c]c(-c2cnc(C3CC3)[nH]2)c1. The lowest BCUT2D eigenvalue weighted by Crippen LogP contribution is -1.82. The molecule has 1 saturated carbocycles. The summed E-state index contributed by atoms with van der Waals surface area (Å²) in [6.45, 7) is 0. The molecule has 0 aliphatic heterocycles. The van der Waals surface area contributed by atoms with E-state index in [1.54, 1.807) is 0 Å². The first-order valence-electron chi connectivity index (χ1n) is 5.05. The molecule has 1 aromatic heterocycles. The third-order valence-electron chi connectivity index (χ3n) is 2.61. The number of nitrogens with zero attached hydrogens (tertiary/aromatic N) is 1. The van der Waals surface area contributed by atoms with E-state index in [1.807, 2.05) is 24.4 Å². The quantitative estimate of drug-likeness (QED) is 0.821. The van der Waals surface area contributed by atoms with Crippen molar-refractivity contribution in [2.24, 2.45) is 0 Å². The Bertz CT molecular complexity index is 486. The van der Waals surface area contributed by atoms with E-state index >= 15 is 0 Å². The normalized spacial score (nSPS) is 15.5. The molecule has 1 aromatic carbocycles. The topological polar surface area (TPSA) is 28.7 Å². The molecule has 2 nitrogen and oxygen atoms in total. The van der Waals surface area contributed by atoms with Gasteiger partial charge in [-0.15, -0.1) is 0 Å². The van der Waals surface area contributed by atoms with Crippen molar-refractivity contribution in [1.82, 2.24) is 9.97 Å². The van der Waals surface area contributed by atoms with Crippen LogP contribution in [-0.4, -0.2) is 9.97 Å². The van der Waals surface area contributed by atoms with Crippen LogP contribution in [0.25, 0.3) is 11.3 Å². The number of imidazole rings is 1. The van der Waals surface area contributed by atoms with E-state index in [1.165, 1.54) is 12.8 Å². The Morgan fingerprint density at radius 1 is 1.47 bits per heavy atom. The fourth-order valence-electron chi connectivity index (χ4n) is 1.63. The molecule has 0 amide bonds. The maximum Gasteiger partial charge on any atom is 0.109 e. The van der Waals surface area contributed by atoms with E-state index in [0.29, 0.717) is 5.92 Å². The van der Waals surface area contributed by atoms with Crippen molar-refractivity contribution in [1.29, 1.82) is 0 Å². The Kier molecular flexibility index (Phi) is 2.03. The molecule has 1 N–H and O–H groups in total. The summed E-state index contributed by atoms with van der Waals surface area (Å²) in [5, 5.41) is 0.728. The lowest BCUT2D eigenvalue weighted by Gasteiger charge is -1.96. The van der Waals surface area contributed by atoms with Gasteiger partial charge >= 0.3 is 0 Å². The Balaban J connectivity index is 1.97. The van der Waals surface area contributed by atoms with Crippen LogP contribution in [0.15, 0.2) is 24.4 Å². The Hall–Kier alpha value is -1.28. The summed E-state index contributed by atoms with van der Waals surface area (Å²) in [6.07, 6.45) is 4.37. The van der Waals surface area contributed by atoms with E-state index in [4.69, 9.17) is 11.6 Å². The highest BCUT2D eigenvalue weighted by molar-refractivity contribution is 6.30. The first-order valence-corrected chi connectivity index (χ1v) is 5.43. The van der Waals surface area contributed by atoms with Crippen molar-refractivity contribution >= 4 is 11.6 Å². The molecule has 1 aliphatic carbocycles. The maximum absolute atomic E-state index is 5.92. The Morgan fingerprint density at radius 3 is 3.07 bits per heavy atom. The predicted molar refractivity (Wildman–Crippen MR) is 59.8 cm³/mol. The highest BCUT2D eigenvalue weighted by Gasteiger charge is 2.26. The zero-order chi connectivity index (χ0) is 10.3. The van der Waals surface area contributed by atoms with E-state index in [-0.39, 0.29) is 0 Å². The van der Waals surface area contributed by atoms with Gasteiger partial charge in [-0.25, -0.2) is 4.98 Å². The molecular weight excluding hydrogens is 208 g/mol. The number of aromatic amines is 1. The fourth-order valence-corrected chi connectivity index (χ4v) is 1.80. The second-order valence-corrected chi connectivity index (χ2v) is 4.31. The molecular formula is C12H10ClN2. The van der Waals surface area contributed by atoms with Gasteiger partial charge in [0.15, 0.2) is 0 Å². The lowest BCUT2D eigenvalue weighted by atomic mass is 10.2. The van der Waals surface area contributed by atoms with Crippen molar-refractivity contribution in [3.63, 3.8) is 0 Å². The number of nitrogens with one attached hydrogen (secondary N) is 1. The van der Waals surface area contributed by atoms with Crippen LogP contribution in [0.5, 0.6) is 0 Å². The molecule has 1 fully saturated rings. The van der Waals surface area contributed by atoms with Gasteiger partial charge in [0.05, 0.1) is 11.9 Å². The summed E-state index contributed by atoms with van der Waals surface area (Å²) in [5.41, 5.74) is 1.97. The molecule has 0 bridgehead atoms. The van der Waals surface area contributed by atoms with E-state index in [2.05, 4.69) is 16.0 Å². The molecule has 75 valence electrons.